The van der Waals surface area contributed by atoms with Crippen LogP contribution in [0, 0.1) is 5.92 Å². The highest BCUT2D eigenvalue weighted by molar-refractivity contribution is 5.53. The van der Waals surface area contributed by atoms with E-state index in [0.29, 0.717) is 11.8 Å². The summed E-state index contributed by atoms with van der Waals surface area (Å²) in [6.45, 7) is 0. The maximum Gasteiger partial charge on any atom is 0.127 e. The Labute approximate surface area is 148 Å². The fourth-order valence-corrected chi connectivity index (χ4v) is 4.66. The second kappa shape index (κ2) is 5.63. The van der Waals surface area contributed by atoms with E-state index in [1.807, 2.05) is 6.26 Å². The van der Waals surface area contributed by atoms with E-state index in [1.54, 1.807) is 0 Å². The molecule has 1 saturated carbocycles. The van der Waals surface area contributed by atoms with Gasteiger partial charge in [0.15, 0.2) is 0 Å². The van der Waals surface area contributed by atoms with Gasteiger partial charge in [-0.1, -0.05) is 91.0 Å². The van der Waals surface area contributed by atoms with Crippen LogP contribution in [0.1, 0.15) is 28.7 Å². The van der Waals surface area contributed by atoms with Crippen molar-refractivity contribution in [1.29, 1.82) is 0 Å². The molecule has 0 aromatic heterocycles. The molecule has 1 heterocycles. The molecule has 0 saturated heterocycles. The fraction of sp³-hybridized carbons (Fsp3) is 0.167. The summed E-state index contributed by atoms with van der Waals surface area (Å²) in [6, 6.07) is 32.4. The van der Waals surface area contributed by atoms with Crippen LogP contribution in [0.3, 0.4) is 0 Å². The average Bonchev–Trinajstić information content (AvgIpc) is 3.40. The molecule has 0 spiro atoms. The quantitative estimate of drug-likeness (QED) is 0.607. The molecule has 1 aliphatic carbocycles. The summed E-state index contributed by atoms with van der Waals surface area (Å²) in [4.78, 5) is 0. The minimum Gasteiger partial charge on any atom is -0.493 e. The molecule has 0 radical (unpaired) electrons. The first-order chi connectivity index (χ1) is 12.4. The molecule has 25 heavy (non-hydrogen) atoms. The molecule has 1 aliphatic heterocycles. The Bertz CT molecular complexity index is 885. The molecule has 4 atom stereocenters. The molecule has 1 nitrogen and oxygen atoms in total. The molecule has 5 rings (SSSR count). The standard InChI is InChI=1S/C24H20O/c1-4-10-18(11-5-1)21-22-23(19-12-6-2-7-13-19)25-17-16-24(21,22)20-14-8-3-9-15-20/h1-17,21-23H/t21-,22+,23-,24-/m1/s1. The lowest BCUT2D eigenvalue weighted by molar-refractivity contribution is 0.105. The zero-order valence-electron chi connectivity index (χ0n) is 14.0. The van der Waals surface area contributed by atoms with Crippen LogP contribution >= 0.6 is 0 Å². The predicted molar refractivity (Wildman–Crippen MR) is 100 cm³/mol. The summed E-state index contributed by atoms with van der Waals surface area (Å²) in [6.07, 6.45) is 4.30. The van der Waals surface area contributed by atoms with E-state index >= 15 is 0 Å². The zero-order chi connectivity index (χ0) is 16.7. The van der Waals surface area contributed by atoms with Crippen molar-refractivity contribution in [2.45, 2.75) is 17.4 Å². The largest absolute Gasteiger partial charge is 0.493 e. The Morgan fingerprint density at radius 3 is 1.84 bits per heavy atom. The molecule has 3 aromatic carbocycles. The molecule has 0 bridgehead atoms. The number of ether oxygens (including phenoxy) is 1. The van der Waals surface area contributed by atoms with Crippen molar-refractivity contribution in [3.63, 3.8) is 0 Å². The van der Waals surface area contributed by atoms with Gasteiger partial charge in [0, 0.05) is 17.3 Å². The maximum atomic E-state index is 6.14. The predicted octanol–water partition coefficient (Wildman–Crippen LogP) is 5.62. The van der Waals surface area contributed by atoms with Crippen LogP contribution in [-0.4, -0.2) is 0 Å². The molecule has 1 fully saturated rings. The molecule has 122 valence electrons. The van der Waals surface area contributed by atoms with Crippen molar-refractivity contribution >= 4 is 0 Å². The minimum absolute atomic E-state index is 0.0291. The van der Waals surface area contributed by atoms with Crippen LogP contribution in [0.2, 0.25) is 0 Å². The molecule has 2 aliphatic rings. The first-order valence-electron chi connectivity index (χ1n) is 8.90. The van der Waals surface area contributed by atoms with Gasteiger partial charge in [0.25, 0.3) is 0 Å². The molecule has 1 heteroatoms. The first-order valence-corrected chi connectivity index (χ1v) is 8.90. The summed E-state index contributed by atoms with van der Waals surface area (Å²) >= 11 is 0. The van der Waals surface area contributed by atoms with Gasteiger partial charge in [-0.3, -0.25) is 0 Å². The fourth-order valence-electron chi connectivity index (χ4n) is 4.66. The third kappa shape index (κ3) is 2.16. The number of allylic oxidation sites excluding steroid dienone is 1. The Morgan fingerprint density at radius 2 is 1.20 bits per heavy atom. The van der Waals surface area contributed by atoms with Gasteiger partial charge in [-0.05, 0) is 22.8 Å². The molecular formula is C24H20O. The van der Waals surface area contributed by atoms with Crippen LogP contribution in [0.4, 0.5) is 0 Å². The van der Waals surface area contributed by atoms with E-state index in [4.69, 9.17) is 4.74 Å². The van der Waals surface area contributed by atoms with Crippen LogP contribution in [-0.2, 0) is 10.2 Å². The number of rotatable bonds is 3. The average molecular weight is 324 g/mol. The molecule has 3 aromatic rings. The highest BCUT2D eigenvalue weighted by Gasteiger charge is 2.69. The van der Waals surface area contributed by atoms with Crippen molar-refractivity contribution in [2.24, 2.45) is 5.92 Å². The molecule has 0 unspecified atom stereocenters. The summed E-state index contributed by atoms with van der Waals surface area (Å²) in [7, 11) is 0. The Kier molecular flexibility index (Phi) is 3.27. The van der Waals surface area contributed by atoms with E-state index in [0.717, 1.165) is 0 Å². The number of hydrogen-bond acceptors (Lipinski definition) is 1. The number of benzene rings is 3. The zero-order valence-corrected chi connectivity index (χ0v) is 14.0. The van der Waals surface area contributed by atoms with Crippen LogP contribution < -0.4 is 0 Å². The topological polar surface area (TPSA) is 9.23 Å². The van der Waals surface area contributed by atoms with E-state index in [1.165, 1.54) is 16.7 Å². The van der Waals surface area contributed by atoms with Crippen molar-refractivity contribution in [1.82, 2.24) is 0 Å². The van der Waals surface area contributed by atoms with Gasteiger partial charge in [0.05, 0.1) is 6.26 Å². The SMILES string of the molecule is C1=C[C@]2(c3ccccc3)[C@H]([C@@H](c3ccccc3)O1)[C@H]2c1ccccc1. The Morgan fingerprint density at radius 1 is 0.640 bits per heavy atom. The third-order valence-electron chi connectivity index (χ3n) is 5.77. The highest BCUT2D eigenvalue weighted by atomic mass is 16.5. The number of hydrogen-bond donors (Lipinski definition) is 0. The third-order valence-corrected chi connectivity index (χ3v) is 5.77. The van der Waals surface area contributed by atoms with E-state index < -0.39 is 0 Å². The van der Waals surface area contributed by atoms with Gasteiger partial charge in [0.2, 0.25) is 0 Å². The summed E-state index contributed by atoms with van der Waals surface area (Å²) in [5, 5.41) is 0. The summed E-state index contributed by atoms with van der Waals surface area (Å²) < 4.78 is 6.14. The van der Waals surface area contributed by atoms with Gasteiger partial charge < -0.3 is 4.74 Å². The van der Waals surface area contributed by atoms with Gasteiger partial charge in [0.1, 0.15) is 6.10 Å². The first kappa shape index (κ1) is 14.5. The van der Waals surface area contributed by atoms with Crippen LogP contribution in [0.25, 0.3) is 0 Å². The Hall–Kier alpha value is -2.80. The van der Waals surface area contributed by atoms with Crippen molar-refractivity contribution in [3.8, 4) is 0 Å². The molecule has 0 amide bonds. The van der Waals surface area contributed by atoms with E-state index in [-0.39, 0.29) is 11.5 Å². The second-order valence-corrected chi connectivity index (χ2v) is 6.98. The summed E-state index contributed by atoms with van der Waals surface area (Å²) in [5.74, 6) is 0.866. The van der Waals surface area contributed by atoms with Crippen LogP contribution in [0.15, 0.2) is 103 Å². The van der Waals surface area contributed by atoms with Gasteiger partial charge in [-0.25, -0.2) is 0 Å². The van der Waals surface area contributed by atoms with Crippen molar-refractivity contribution < 1.29 is 4.74 Å². The lowest BCUT2D eigenvalue weighted by Gasteiger charge is -2.25. The summed E-state index contributed by atoms with van der Waals surface area (Å²) in [5.41, 5.74) is 4.07. The monoisotopic (exact) mass is 324 g/mol. The van der Waals surface area contributed by atoms with Gasteiger partial charge in [-0.2, -0.15) is 0 Å². The maximum absolute atomic E-state index is 6.14. The lowest BCUT2D eigenvalue weighted by atomic mass is 9.87. The normalized spacial score (nSPS) is 29.5. The Balaban J connectivity index is 1.65. The highest BCUT2D eigenvalue weighted by Crippen LogP contribution is 2.72. The molecule has 0 N–H and O–H groups in total. The van der Waals surface area contributed by atoms with Crippen molar-refractivity contribution in [3.05, 3.63) is 120 Å². The number of fused-ring (bicyclic) bond motifs is 1. The van der Waals surface area contributed by atoms with E-state index in [9.17, 15) is 0 Å². The second-order valence-electron chi connectivity index (χ2n) is 6.98. The van der Waals surface area contributed by atoms with Gasteiger partial charge in [-0.15, -0.1) is 0 Å². The van der Waals surface area contributed by atoms with Crippen LogP contribution in [0.5, 0.6) is 0 Å². The van der Waals surface area contributed by atoms with Gasteiger partial charge >= 0.3 is 0 Å². The van der Waals surface area contributed by atoms with E-state index in [2.05, 4.69) is 97.1 Å². The van der Waals surface area contributed by atoms with Crippen molar-refractivity contribution in [2.75, 3.05) is 0 Å². The molecular weight excluding hydrogens is 304 g/mol. The smallest absolute Gasteiger partial charge is 0.127 e. The lowest BCUT2D eigenvalue weighted by Crippen LogP contribution is -2.17. The minimum atomic E-state index is 0.0291.